The molecule has 26 heavy (non-hydrogen) atoms. The minimum Gasteiger partial charge on any atom is -0.457 e. The molecule has 136 valence electrons. The van der Waals surface area contributed by atoms with Gasteiger partial charge in [-0.1, -0.05) is 23.7 Å². The van der Waals surface area contributed by atoms with Crippen LogP contribution in [0.1, 0.15) is 15.9 Å². The van der Waals surface area contributed by atoms with Crippen molar-refractivity contribution in [2.24, 2.45) is 0 Å². The van der Waals surface area contributed by atoms with Gasteiger partial charge in [-0.3, -0.25) is 4.79 Å². The Morgan fingerprint density at radius 2 is 1.58 bits per heavy atom. The van der Waals surface area contributed by atoms with Crippen molar-refractivity contribution in [1.82, 2.24) is 0 Å². The highest BCUT2D eigenvalue weighted by Gasteiger charge is 2.40. The highest BCUT2D eigenvalue weighted by Crippen LogP contribution is 2.27. The van der Waals surface area contributed by atoms with E-state index in [1.54, 1.807) is 0 Å². The molecule has 0 aliphatic rings. The number of ketones is 1. The van der Waals surface area contributed by atoms with Crippen molar-refractivity contribution in [2.75, 3.05) is 0 Å². The highest BCUT2D eigenvalue weighted by molar-refractivity contribution is 6.30. The fraction of sp³-hybridized carbons (Fsp3) is 0.111. The number of benzene rings is 2. The maximum absolute atomic E-state index is 13.1. The van der Waals surface area contributed by atoms with Gasteiger partial charge in [0.1, 0.15) is 18.0 Å². The van der Waals surface area contributed by atoms with Crippen LogP contribution in [0.2, 0.25) is 5.02 Å². The SMILES string of the molecule is O=C(OCc1ccc(Cl)cc1)/C(=C/C(=O)c1ccc(F)cc1)C(F)(F)F. The summed E-state index contributed by atoms with van der Waals surface area (Å²) in [7, 11) is 0. The van der Waals surface area contributed by atoms with Crippen LogP contribution in [0, 0.1) is 5.82 Å². The standard InChI is InChI=1S/C18H11ClF4O3/c19-13-5-1-11(2-6-13)10-26-17(25)15(18(21,22)23)9-16(24)12-3-7-14(20)8-4-12/h1-9H,10H2/b15-9-. The third kappa shape index (κ3) is 5.42. The molecule has 0 radical (unpaired) electrons. The molecule has 0 amide bonds. The Balaban J connectivity index is 2.17. The number of esters is 1. The maximum atomic E-state index is 13.1. The molecule has 0 atom stereocenters. The Labute approximate surface area is 150 Å². The fourth-order valence-electron chi connectivity index (χ4n) is 1.89. The van der Waals surface area contributed by atoms with Crippen molar-refractivity contribution >= 4 is 23.4 Å². The molecule has 8 heteroatoms. The maximum Gasteiger partial charge on any atom is 0.423 e. The van der Waals surface area contributed by atoms with Crippen LogP contribution in [0.15, 0.2) is 60.2 Å². The fourth-order valence-corrected chi connectivity index (χ4v) is 2.02. The third-order valence-corrected chi connectivity index (χ3v) is 3.46. The summed E-state index contributed by atoms with van der Waals surface area (Å²) in [6.45, 7) is -0.422. The molecule has 2 aromatic rings. The Morgan fingerprint density at radius 1 is 1.00 bits per heavy atom. The Bertz CT molecular complexity index is 825. The summed E-state index contributed by atoms with van der Waals surface area (Å²) in [6.07, 6.45) is -4.95. The zero-order valence-corrected chi connectivity index (χ0v) is 13.8. The lowest BCUT2D eigenvalue weighted by Crippen LogP contribution is -2.23. The lowest BCUT2D eigenvalue weighted by molar-refractivity contribution is -0.151. The van der Waals surface area contributed by atoms with E-state index in [9.17, 15) is 27.2 Å². The molecular formula is C18H11ClF4O3. The number of carbonyl (C=O) groups excluding carboxylic acids is 2. The summed E-state index contributed by atoms with van der Waals surface area (Å²) in [5.41, 5.74) is -1.52. The van der Waals surface area contributed by atoms with Crippen LogP contribution in [0.3, 0.4) is 0 Å². The second-order valence-corrected chi connectivity index (χ2v) is 5.57. The Morgan fingerprint density at radius 3 is 2.12 bits per heavy atom. The van der Waals surface area contributed by atoms with Crippen LogP contribution in [-0.4, -0.2) is 17.9 Å². The Kier molecular flexibility index (Phi) is 6.15. The van der Waals surface area contributed by atoms with Gasteiger partial charge in [0.15, 0.2) is 5.78 Å². The molecule has 0 saturated heterocycles. The minimum atomic E-state index is -5.09. The number of allylic oxidation sites excluding steroid dienone is 1. The van der Waals surface area contributed by atoms with E-state index in [1.807, 2.05) is 0 Å². The van der Waals surface area contributed by atoms with Crippen molar-refractivity contribution in [3.63, 3.8) is 0 Å². The molecule has 0 bridgehead atoms. The van der Waals surface area contributed by atoms with Crippen LogP contribution in [0.4, 0.5) is 17.6 Å². The van der Waals surface area contributed by atoms with Gasteiger partial charge in [-0.25, -0.2) is 9.18 Å². The smallest absolute Gasteiger partial charge is 0.423 e. The van der Waals surface area contributed by atoms with E-state index in [-0.39, 0.29) is 11.6 Å². The van der Waals surface area contributed by atoms with Crippen LogP contribution < -0.4 is 0 Å². The van der Waals surface area contributed by atoms with E-state index in [1.165, 1.54) is 24.3 Å². The number of hydrogen-bond acceptors (Lipinski definition) is 3. The van der Waals surface area contributed by atoms with Crippen LogP contribution in [0.5, 0.6) is 0 Å². The van der Waals surface area contributed by atoms with Gasteiger partial charge in [-0.05, 0) is 42.0 Å². The van der Waals surface area contributed by atoms with Gasteiger partial charge in [-0.15, -0.1) is 0 Å². The van der Waals surface area contributed by atoms with E-state index in [4.69, 9.17) is 11.6 Å². The first kappa shape index (κ1) is 19.7. The largest absolute Gasteiger partial charge is 0.457 e. The first-order valence-corrected chi connectivity index (χ1v) is 7.55. The highest BCUT2D eigenvalue weighted by atomic mass is 35.5. The Hall–Kier alpha value is -2.67. The van der Waals surface area contributed by atoms with Gasteiger partial charge >= 0.3 is 12.1 Å². The molecule has 0 N–H and O–H groups in total. The summed E-state index contributed by atoms with van der Waals surface area (Å²) in [5, 5.41) is 0.417. The summed E-state index contributed by atoms with van der Waals surface area (Å²) >= 11 is 5.68. The van der Waals surface area contributed by atoms with Crippen molar-refractivity contribution in [2.45, 2.75) is 12.8 Å². The summed E-state index contributed by atoms with van der Waals surface area (Å²) in [4.78, 5) is 23.7. The summed E-state index contributed by atoms with van der Waals surface area (Å²) in [6, 6.07) is 9.82. The predicted molar refractivity (Wildman–Crippen MR) is 86.1 cm³/mol. The third-order valence-electron chi connectivity index (χ3n) is 3.21. The summed E-state index contributed by atoms with van der Waals surface area (Å²) < 4.78 is 56.7. The number of alkyl halides is 3. The zero-order valence-electron chi connectivity index (χ0n) is 13.0. The minimum absolute atomic E-state index is 0.136. The van der Waals surface area contributed by atoms with Crippen molar-refractivity contribution in [3.8, 4) is 0 Å². The second-order valence-electron chi connectivity index (χ2n) is 5.13. The second kappa shape index (κ2) is 8.14. The van der Waals surface area contributed by atoms with Crippen molar-refractivity contribution in [3.05, 3.63) is 82.1 Å². The monoisotopic (exact) mass is 386 g/mol. The number of ether oxygens (including phenoxy) is 1. The van der Waals surface area contributed by atoms with E-state index in [0.717, 1.165) is 24.3 Å². The quantitative estimate of drug-likeness (QED) is 0.318. The molecule has 3 nitrogen and oxygen atoms in total. The lowest BCUT2D eigenvalue weighted by atomic mass is 10.1. The molecule has 0 aromatic heterocycles. The van der Waals surface area contributed by atoms with E-state index >= 15 is 0 Å². The molecule has 0 fully saturated rings. The molecule has 2 rings (SSSR count). The van der Waals surface area contributed by atoms with Gasteiger partial charge in [0.05, 0.1) is 0 Å². The van der Waals surface area contributed by atoms with Gasteiger partial charge in [0, 0.05) is 16.7 Å². The number of carbonyl (C=O) groups is 2. The van der Waals surface area contributed by atoms with E-state index in [0.29, 0.717) is 10.6 Å². The first-order chi connectivity index (χ1) is 12.2. The summed E-state index contributed by atoms with van der Waals surface area (Å²) in [5.74, 6) is -3.44. The van der Waals surface area contributed by atoms with E-state index in [2.05, 4.69) is 4.74 Å². The molecule has 2 aromatic carbocycles. The van der Waals surface area contributed by atoms with Crippen LogP contribution in [0.25, 0.3) is 0 Å². The number of halogens is 5. The predicted octanol–water partition coefficient (Wildman–Crippen LogP) is 4.89. The molecule has 0 unspecified atom stereocenters. The van der Waals surface area contributed by atoms with Gasteiger partial charge in [0.25, 0.3) is 0 Å². The molecule has 0 spiro atoms. The average Bonchev–Trinajstić information content (AvgIpc) is 2.58. The molecule has 0 aliphatic heterocycles. The number of rotatable bonds is 5. The normalized spacial score (nSPS) is 12.0. The van der Waals surface area contributed by atoms with Crippen molar-refractivity contribution < 1.29 is 31.9 Å². The van der Waals surface area contributed by atoms with Crippen LogP contribution in [-0.2, 0) is 16.1 Å². The molecule has 0 saturated carbocycles. The van der Waals surface area contributed by atoms with Crippen LogP contribution >= 0.6 is 11.6 Å². The van der Waals surface area contributed by atoms with Gasteiger partial charge < -0.3 is 4.74 Å². The lowest BCUT2D eigenvalue weighted by Gasteiger charge is -2.11. The first-order valence-electron chi connectivity index (χ1n) is 7.17. The van der Waals surface area contributed by atoms with E-state index < -0.39 is 35.9 Å². The average molecular weight is 387 g/mol. The van der Waals surface area contributed by atoms with Gasteiger partial charge in [0.2, 0.25) is 0 Å². The molecular weight excluding hydrogens is 376 g/mol. The van der Waals surface area contributed by atoms with Crippen molar-refractivity contribution in [1.29, 1.82) is 0 Å². The van der Waals surface area contributed by atoms with Gasteiger partial charge in [-0.2, -0.15) is 13.2 Å². The molecule has 0 heterocycles. The molecule has 0 aliphatic carbocycles. The number of hydrogen-bond donors (Lipinski definition) is 0. The topological polar surface area (TPSA) is 43.4 Å². The zero-order chi connectivity index (χ0) is 19.3.